The molecule has 18 heavy (non-hydrogen) atoms. The number of hydrogen-bond donors (Lipinski definition) is 1. The molecule has 0 unspecified atom stereocenters. The number of anilines is 3. The van der Waals surface area contributed by atoms with Crippen LogP contribution in [-0.4, -0.2) is 18.6 Å². The van der Waals surface area contributed by atoms with Gasteiger partial charge in [0.15, 0.2) is 0 Å². The van der Waals surface area contributed by atoms with E-state index in [1.54, 1.807) is 6.07 Å². The lowest BCUT2D eigenvalue weighted by Crippen LogP contribution is -2.12. The molecule has 0 fully saturated rings. The summed E-state index contributed by atoms with van der Waals surface area (Å²) in [5.41, 5.74) is 0.774. The quantitative estimate of drug-likeness (QED) is 0.894. The SMILES string of the molecule is CCNc1cccc(N(C)c2cccc(F)c2)n1. The van der Waals surface area contributed by atoms with Crippen molar-refractivity contribution in [2.24, 2.45) is 0 Å². The van der Waals surface area contributed by atoms with E-state index in [0.717, 1.165) is 23.9 Å². The summed E-state index contributed by atoms with van der Waals surface area (Å²) in [5, 5.41) is 3.15. The van der Waals surface area contributed by atoms with Crippen molar-refractivity contribution in [3.63, 3.8) is 0 Å². The van der Waals surface area contributed by atoms with Crippen LogP contribution in [0.25, 0.3) is 0 Å². The Hall–Kier alpha value is -2.10. The Bertz CT molecular complexity index is 528. The molecule has 1 N–H and O–H groups in total. The van der Waals surface area contributed by atoms with Gasteiger partial charge in [-0.1, -0.05) is 12.1 Å². The standard InChI is InChI=1S/C14H16FN3/c1-3-16-13-8-5-9-14(17-13)18(2)12-7-4-6-11(15)10-12/h4-10H,3H2,1-2H3,(H,16,17). The highest BCUT2D eigenvalue weighted by Crippen LogP contribution is 2.23. The third kappa shape index (κ3) is 2.77. The van der Waals surface area contributed by atoms with Crippen LogP contribution >= 0.6 is 0 Å². The van der Waals surface area contributed by atoms with Crippen molar-refractivity contribution in [3.05, 3.63) is 48.3 Å². The molecule has 0 saturated carbocycles. The van der Waals surface area contributed by atoms with Crippen LogP contribution in [0.5, 0.6) is 0 Å². The van der Waals surface area contributed by atoms with E-state index in [0.29, 0.717) is 0 Å². The molecule has 2 aromatic rings. The number of nitrogens with zero attached hydrogens (tertiary/aromatic N) is 2. The Morgan fingerprint density at radius 1 is 1.22 bits per heavy atom. The van der Waals surface area contributed by atoms with Gasteiger partial charge >= 0.3 is 0 Å². The number of rotatable bonds is 4. The number of nitrogens with one attached hydrogen (secondary N) is 1. The first-order valence-corrected chi connectivity index (χ1v) is 5.91. The van der Waals surface area contributed by atoms with Gasteiger partial charge in [-0.3, -0.25) is 0 Å². The van der Waals surface area contributed by atoms with E-state index in [4.69, 9.17) is 0 Å². The Morgan fingerprint density at radius 3 is 2.72 bits per heavy atom. The van der Waals surface area contributed by atoms with Gasteiger partial charge in [-0.05, 0) is 37.3 Å². The predicted octanol–water partition coefficient (Wildman–Crippen LogP) is 3.42. The summed E-state index contributed by atoms with van der Waals surface area (Å²) in [6.45, 7) is 2.84. The second-order valence-electron chi connectivity index (χ2n) is 3.95. The van der Waals surface area contributed by atoms with Crippen LogP contribution in [0.15, 0.2) is 42.5 Å². The summed E-state index contributed by atoms with van der Waals surface area (Å²) < 4.78 is 13.2. The van der Waals surface area contributed by atoms with Gasteiger partial charge in [-0.2, -0.15) is 0 Å². The third-order valence-corrected chi connectivity index (χ3v) is 2.63. The molecule has 0 aliphatic carbocycles. The largest absolute Gasteiger partial charge is 0.370 e. The smallest absolute Gasteiger partial charge is 0.135 e. The molecule has 0 bridgehead atoms. The molecule has 2 rings (SSSR count). The Morgan fingerprint density at radius 2 is 2.00 bits per heavy atom. The summed E-state index contributed by atoms with van der Waals surface area (Å²) in [5.74, 6) is 1.35. The first kappa shape index (κ1) is 12.4. The van der Waals surface area contributed by atoms with E-state index in [1.165, 1.54) is 12.1 Å². The van der Waals surface area contributed by atoms with Crippen LogP contribution in [-0.2, 0) is 0 Å². The zero-order valence-electron chi connectivity index (χ0n) is 10.5. The van der Waals surface area contributed by atoms with Crippen LogP contribution in [0.4, 0.5) is 21.7 Å². The van der Waals surface area contributed by atoms with Gasteiger partial charge in [-0.25, -0.2) is 9.37 Å². The summed E-state index contributed by atoms with van der Waals surface area (Å²) in [7, 11) is 1.87. The van der Waals surface area contributed by atoms with E-state index in [2.05, 4.69) is 10.3 Å². The topological polar surface area (TPSA) is 28.2 Å². The van der Waals surface area contributed by atoms with Crippen molar-refractivity contribution in [2.45, 2.75) is 6.92 Å². The minimum Gasteiger partial charge on any atom is -0.370 e. The first-order chi connectivity index (χ1) is 8.70. The van der Waals surface area contributed by atoms with Crippen molar-refractivity contribution in [1.82, 2.24) is 4.98 Å². The molecule has 1 heterocycles. The fraction of sp³-hybridized carbons (Fsp3) is 0.214. The molecule has 0 amide bonds. The maximum Gasteiger partial charge on any atom is 0.135 e. The lowest BCUT2D eigenvalue weighted by atomic mass is 10.3. The number of halogens is 1. The maximum atomic E-state index is 13.2. The van der Waals surface area contributed by atoms with E-state index in [-0.39, 0.29) is 5.82 Å². The Kier molecular flexibility index (Phi) is 3.77. The van der Waals surface area contributed by atoms with Crippen molar-refractivity contribution in [1.29, 1.82) is 0 Å². The van der Waals surface area contributed by atoms with Gasteiger partial charge in [-0.15, -0.1) is 0 Å². The second kappa shape index (κ2) is 5.49. The van der Waals surface area contributed by atoms with Crippen molar-refractivity contribution in [2.75, 3.05) is 23.8 Å². The van der Waals surface area contributed by atoms with Crippen molar-refractivity contribution < 1.29 is 4.39 Å². The highest BCUT2D eigenvalue weighted by atomic mass is 19.1. The number of aromatic nitrogens is 1. The molecule has 94 valence electrons. The van der Waals surface area contributed by atoms with Gasteiger partial charge < -0.3 is 10.2 Å². The van der Waals surface area contributed by atoms with Gasteiger partial charge in [0.05, 0.1) is 0 Å². The predicted molar refractivity (Wildman–Crippen MR) is 72.9 cm³/mol. The molecule has 4 heteroatoms. The maximum absolute atomic E-state index is 13.2. The summed E-state index contributed by atoms with van der Waals surface area (Å²) in [6.07, 6.45) is 0. The minimum atomic E-state index is -0.248. The summed E-state index contributed by atoms with van der Waals surface area (Å²) >= 11 is 0. The van der Waals surface area contributed by atoms with Crippen molar-refractivity contribution >= 4 is 17.3 Å². The zero-order valence-corrected chi connectivity index (χ0v) is 10.5. The van der Waals surface area contributed by atoms with Gasteiger partial charge in [0, 0.05) is 19.3 Å². The molecule has 1 aromatic heterocycles. The van der Waals surface area contributed by atoms with Crippen LogP contribution in [0, 0.1) is 5.82 Å². The van der Waals surface area contributed by atoms with E-state index < -0.39 is 0 Å². The fourth-order valence-electron chi connectivity index (χ4n) is 1.71. The highest BCUT2D eigenvalue weighted by Gasteiger charge is 2.06. The molecular weight excluding hydrogens is 229 g/mol. The van der Waals surface area contributed by atoms with Gasteiger partial charge in [0.2, 0.25) is 0 Å². The summed E-state index contributed by atoms with van der Waals surface area (Å²) in [4.78, 5) is 6.31. The van der Waals surface area contributed by atoms with Crippen LogP contribution in [0.3, 0.4) is 0 Å². The zero-order chi connectivity index (χ0) is 13.0. The molecule has 0 atom stereocenters. The van der Waals surface area contributed by atoms with Crippen molar-refractivity contribution in [3.8, 4) is 0 Å². The Balaban J connectivity index is 2.27. The highest BCUT2D eigenvalue weighted by molar-refractivity contribution is 5.60. The Labute approximate surface area is 106 Å². The second-order valence-corrected chi connectivity index (χ2v) is 3.95. The van der Waals surface area contributed by atoms with E-state index >= 15 is 0 Å². The molecule has 1 aromatic carbocycles. The van der Waals surface area contributed by atoms with Crippen LogP contribution in [0.2, 0.25) is 0 Å². The van der Waals surface area contributed by atoms with Gasteiger partial charge in [0.1, 0.15) is 17.5 Å². The molecule has 0 aliphatic heterocycles. The molecule has 0 radical (unpaired) electrons. The monoisotopic (exact) mass is 245 g/mol. The minimum absolute atomic E-state index is 0.248. The van der Waals surface area contributed by atoms with Crippen LogP contribution < -0.4 is 10.2 Å². The van der Waals surface area contributed by atoms with E-state index in [9.17, 15) is 4.39 Å². The molecule has 0 saturated heterocycles. The molecule has 3 nitrogen and oxygen atoms in total. The first-order valence-electron chi connectivity index (χ1n) is 5.91. The van der Waals surface area contributed by atoms with Gasteiger partial charge in [0.25, 0.3) is 0 Å². The molecular formula is C14H16FN3. The van der Waals surface area contributed by atoms with E-state index in [1.807, 2.05) is 43.1 Å². The van der Waals surface area contributed by atoms with Crippen LogP contribution in [0.1, 0.15) is 6.92 Å². The average Bonchev–Trinajstić information content (AvgIpc) is 2.39. The normalized spacial score (nSPS) is 10.2. The molecule has 0 spiro atoms. The number of benzene rings is 1. The average molecular weight is 245 g/mol. The number of pyridine rings is 1. The summed E-state index contributed by atoms with van der Waals surface area (Å²) in [6, 6.07) is 12.2. The third-order valence-electron chi connectivity index (χ3n) is 2.63. The molecule has 0 aliphatic rings. The fourth-order valence-corrected chi connectivity index (χ4v) is 1.71. The lowest BCUT2D eigenvalue weighted by molar-refractivity contribution is 0.628. The lowest BCUT2D eigenvalue weighted by Gasteiger charge is -2.19. The number of hydrogen-bond acceptors (Lipinski definition) is 3.